The van der Waals surface area contributed by atoms with E-state index in [1.807, 2.05) is 0 Å². The van der Waals surface area contributed by atoms with Gasteiger partial charge in [0.2, 0.25) is 0 Å². The summed E-state index contributed by atoms with van der Waals surface area (Å²) in [6.45, 7) is 3.32. The van der Waals surface area contributed by atoms with E-state index < -0.39 is 5.85 Å². The maximum Gasteiger partial charge on any atom is 0.281 e. The highest BCUT2D eigenvalue weighted by molar-refractivity contribution is 8.11. The molecule has 52 valence electrons. The van der Waals surface area contributed by atoms with Crippen molar-refractivity contribution in [2.45, 2.75) is 0 Å². The first-order valence-electron chi connectivity index (χ1n) is 1.94. The van der Waals surface area contributed by atoms with Crippen LogP contribution in [0.3, 0.4) is 0 Å². The third-order valence-electron chi connectivity index (χ3n) is 0.590. The highest BCUT2D eigenvalue weighted by Gasteiger charge is 2.15. The first kappa shape index (κ1) is 9.58. The molecule has 0 heterocycles. The average molecular weight is 205 g/mol. The summed E-state index contributed by atoms with van der Waals surface area (Å²) < 4.78 is 10.6. The van der Waals surface area contributed by atoms with Gasteiger partial charge in [0.1, 0.15) is 0 Å². The van der Waals surface area contributed by atoms with Gasteiger partial charge < -0.3 is 0 Å². The van der Waals surface area contributed by atoms with Gasteiger partial charge in [-0.1, -0.05) is 18.2 Å². The molecule has 0 unspecified atom stereocenters. The minimum Gasteiger partial charge on any atom is -0.284 e. The zero-order valence-corrected chi connectivity index (χ0v) is 7.51. The Morgan fingerprint density at radius 2 is 2.00 bits per heavy atom. The Labute approximate surface area is 68.2 Å². The molecule has 0 N–H and O–H groups in total. The predicted octanol–water partition coefficient (Wildman–Crippen LogP) is 3.92. The molecule has 0 bridgehead atoms. The zero-order chi connectivity index (χ0) is 7.49. The normalized spacial score (nSPS) is 12.3. The second-order valence-corrected chi connectivity index (χ2v) is 6.37. The summed E-state index contributed by atoms with van der Waals surface area (Å²) in [6.07, 6.45) is 1.29. The summed E-state index contributed by atoms with van der Waals surface area (Å²) in [7, 11) is 0. The summed E-state index contributed by atoms with van der Waals surface area (Å²) in [5, 5.41) is 0.140. The van der Waals surface area contributed by atoms with Crippen molar-refractivity contribution in [1.82, 2.24) is 0 Å². The number of hydrogen-bond donors (Lipinski definition) is 0. The zero-order valence-electron chi connectivity index (χ0n) is 4.35. The molecule has 0 aliphatic heterocycles. The summed E-state index contributed by atoms with van der Waals surface area (Å²) in [5.74, 6) is -3.19. The monoisotopic (exact) mass is 204 g/mol. The van der Waals surface area contributed by atoms with E-state index in [0.29, 0.717) is 0 Å². The van der Waals surface area contributed by atoms with E-state index in [9.17, 15) is 4.57 Å². The molecule has 0 amide bonds. The SMILES string of the molecule is C=C(/C=C/Cl)P(=O)(Cl)Cl. The Hall–Kier alpha value is 0.580. The third kappa shape index (κ3) is 4.05. The highest BCUT2D eigenvalue weighted by atomic mass is 35.9. The molecule has 9 heavy (non-hydrogen) atoms. The lowest BCUT2D eigenvalue weighted by atomic mass is 10.6. The quantitative estimate of drug-likeness (QED) is 0.493. The minimum absolute atomic E-state index is 0.140. The molecule has 1 nitrogen and oxygen atoms in total. The van der Waals surface area contributed by atoms with Gasteiger partial charge >= 0.3 is 0 Å². The maximum atomic E-state index is 10.6. The average Bonchev–Trinajstić information content (AvgIpc) is 1.64. The summed E-state index contributed by atoms with van der Waals surface area (Å²) in [4.78, 5) is 0. The molecule has 0 aromatic rings. The van der Waals surface area contributed by atoms with Crippen LogP contribution in [0.2, 0.25) is 0 Å². The second-order valence-electron chi connectivity index (χ2n) is 1.25. The first-order chi connectivity index (χ1) is 3.98. The van der Waals surface area contributed by atoms with Crippen LogP contribution >= 0.6 is 39.9 Å². The molecule has 5 heteroatoms. The molecular formula is C4H4Cl3OP. The standard InChI is InChI=1S/C4H4Cl3OP/c1-4(2-3-5)9(6,7)8/h2-3H,1H2/b3-2+. The summed E-state index contributed by atoms with van der Waals surface area (Å²) in [6, 6.07) is 0. The lowest BCUT2D eigenvalue weighted by Crippen LogP contribution is -1.62. The Morgan fingerprint density at radius 1 is 1.56 bits per heavy atom. The van der Waals surface area contributed by atoms with Crippen LogP contribution in [0.4, 0.5) is 0 Å². The summed E-state index contributed by atoms with van der Waals surface area (Å²) in [5.41, 5.74) is 1.15. The van der Waals surface area contributed by atoms with Crippen molar-refractivity contribution in [3.63, 3.8) is 0 Å². The summed E-state index contributed by atoms with van der Waals surface area (Å²) >= 11 is 15.5. The molecule has 0 aliphatic carbocycles. The molecule has 0 rings (SSSR count). The third-order valence-corrected chi connectivity index (χ3v) is 2.84. The molecule has 0 aromatic carbocycles. The van der Waals surface area contributed by atoms with Gasteiger partial charge in [0.05, 0.1) is 0 Å². The Bertz CT molecular complexity index is 180. The number of halogens is 3. The van der Waals surface area contributed by atoms with Gasteiger partial charge in [-0.2, -0.15) is 0 Å². The molecule has 0 radical (unpaired) electrons. The van der Waals surface area contributed by atoms with Crippen molar-refractivity contribution in [2.75, 3.05) is 0 Å². The lowest BCUT2D eigenvalue weighted by Gasteiger charge is -1.96. The van der Waals surface area contributed by atoms with Crippen molar-refractivity contribution in [3.05, 3.63) is 23.5 Å². The van der Waals surface area contributed by atoms with Crippen LogP contribution in [0.15, 0.2) is 23.5 Å². The van der Waals surface area contributed by atoms with Gasteiger partial charge in [0.15, 0.2) is 0 Å². The van der Waals surface area contributed by atoms with Gasteiger partial charge in [-0.05, 0) is 28.6 Å². The first-order valence-corrected chi connectivity index (χ1v) is 5.89. The molecule has 0 fully saturated rings. The van der Waals surface area contributed by atoms with E-state index in [0.717, 1.165) is 5.54 Å². The maximum absolute atomic E-state index is 10.6. The van der Waals surface area contributed by atoms with Crippen LogP contribution in [-0.2, 0) is 4.57 Å². The van der Waals surface area contributed by atoms with Crippen LogP contribution in [0.25, 0.3) is 0 Å². The van der Waals surface area contributed by atoms with Crippen LogP contribution < -0.4 is 0 Å². The number of rotatable bonds is 2. The van der Waals surface area contributed by atoms with Crippen molar-refractivity contribution in [2.24, 2.45) is 0 Å². The van der Waals surface area contributed by atoms with Gasteiger partial charge in [0.25, 0.3) is 5.85 Å². The van der Waals surface area contributed by atoms with Crippen molar-refractivity contribution < 1.29 is 4.57 Å². The van der Waals surface area contributed by atoms with Gasteiger partial charge in [-0.3, -0.25) is 4.57 Å². The van der Waals surface area contributed by atoms with E-state index >= 15 is 0 Å². The Balaban J connectivity index is 4.24. The fourth-order valence-corrected chi connectivity index (χ4v) is 0.986. The molecule has 0 saturated heterocycles. The Kier molecular flexibility index (Phi) is 3.91. The van der Waals surface area contributed by atoms with Crippen LogP contribution in [0.1, 0.15) is 0 Å². The second kappa shape index (κ2) is 3.68. The minimum atomic E-state index is -3.19. The molecule has 0 aliphatic rings. The number of allylic oxidation sites excluding steroid dienone is 2. The molecule has 0 spiro atoms. The number of hydrogen-bond acceptors (Lipinski definition) is 1. The van der Waals surface area contributed by atoms with Crippen molar-refractivity contribution in [1.29, 1.82) is 0 Å². The van der Waals surface area contributed by atoms with Crippen LogP contribution in [-0.4, -0.2) is 0 Å². The molecular weight excluding hydrogens is 201 g/mol. The van der Waals surface area contributed by atoms with E-state index in [1.54, 1.807) is 0 Å². The smallest absolute Gasteiger partial charge is 0.281 e. The topological polar surface area (TPSA) is 17.1 Å². The van der Waals surface area contributed by atoms with Gasteiger partial charge in [-0.25, -0.2) is 0 Å². The molecule has 0 atom stereocenters. The fraction of sp³-hybridized carbons (Fsp3) is 0. The molecule has 0 aromatic heterocycles. The van der Waals surface area contributed by atoms with Gasteiger partial charge in [-0.15, -0.1) is 0 Å². The van der Waals surface area contributed by atoms with E-state index in [1.165, 1.54) is 6.08 Å². The highest BCUT2D eigenvalue weighted by Crippen LogP contribution is 2.63. The fourth-order valence-electron chi connectivity index (χ4n) is 0.159. The Morgan fingerprint density at radius 3 is 2.11 bits per heavy atom. The largest absolute Gasteiger partial charge is 0.284 e. The van der Waals surface area contributed by atoms with E-state index in [2.05, 4.69) is 6.58 Å². The van der Waals surface area contributed by atoms with E-state index in [-0.39, 0.29) is 5.31 Å². The molecule has 0 saturated carbocycles. The van der Waals surface area contributed by atoms with Crippen molar-refractivity contribution in [3.8, 4) is 0 Å². The lowest BCUT2D eigenvalue weighted by molar-refractivity contribution is 0.596. The van der Waals surface area contributed by atoms with E-state index in [4.69, 9.17) is 34.1 Å². The predicted molar refractivity (Wildman–Crippen MR) is 43.4 cm³/mol. The van der Waals surface area contributed by atoms with Crippen LogP contribution in [0.5, 0.6) is 0 Å². The van der Waals surface area contributed by atoms with Crippen LogP contribution in [0, 0.1) is 0 Å². The van der Waals surface area contributed by atoms with Crippen molar-refractivity contribution >= 4 is 39.9 Å². The van der Waals surface area contributed by atoms with Gasteiger partial charge in [0, 0.05) is 10.8 Å².